The Morgan fingerprint density at radius 1 is 1.06 bits per heavy atom. The number of unbranched alkanes of at least 4 members (excludes halogenated alkanes) is 7. The van der Waals surface area contributed by atoms with Crippen molar-refractivity contribution in [3.05, 3.63) is 0 Å². The highest BCUT2D eigenvalue weighted by Crippen LogP contribution is 2.13. The first-order chi connectivity index (χ1) is 7.66. The van der Waals surface area contributed by atoms with Gasteiger partial charge >= 0.3 is 5.97 Å². The summed E-state index contributed by atoms with van der Waals surface area (Å²) in [6.45, 7) is 3.62. The summed E-state index contributed by atoms with van der Waals surface area (Å²) >= 11 is 5.81. The predicted octanol–water partition coefficient (Wildman–Crippen LogP) is 4.65. The van der Waals surface area contributed by atoms with Crippen molar-refractivity contribution in [2.45, 2.75) is 77.2 Å². The summed E-state index contributed by atoms with van der Waals surface area (Å²) in [6, 6.07) is 0. The van der Waals surface area contributed by atoms with Gasteiger partial charge in [0.05, 0.1) is 0 Å². The van der Waals surface area contributed by atoms with Gasteiger partial charge in [-0.05, 0) is 12.8 Å². The summed E-state index contributed by atoms with van der Waals surface area (Å²) in [5.74, 6) is -0.292. The van der Waals surface area contributed by atoms with Crippen molar-refractivity contribution in [3.63, 3.8) is 0 Å². The Balaban J connectivity index is 3.11. The van der Waals surface area contributed by atoms with Gasteiger partial charge in [0.2, 0.25) is 0 Å². The number of ether oxygens (including phenoxy) is 1. The third-order valence-corrected chi connectivity index (χ3v) is 2.89. The fraction of sp³-hybridized carbons (Fsp3) is 0.923. The Morgan fingerprint density at radius 2 is 1.56 bits per heavy atom. The first kappa shape index (κ1) is 15.8. The molecule has 0 fully saturated rings. The van der Waals surface area contributed by atoms with Crippen molar-refractivity contribution in [2.75, 3.05) is 0 Å². The van der Waals surface area contributed by atoms with E-state index < -0.39 is 5.56 Å². The monoisotopic (exact) mass is 248 g/mol. The van der Waals surface area contributed by atoms with Crippen molar-refractivity contribution < 1.29 is 9.53 Å². The summed E-state index contributed by atoms with van der Waals surface area (Å²) < 4.78 is 4.84. The summed E-state index contributed by atoms with van der Waals surface area (Å²) in [7, 11) is 0. The number of carbonyl (C=O) groups is 1. The van der Waals surface area contributed by atoms with E-state index in [9.17, 15) is 4.79 Å². The number of alkyl halides is 1. The van der Waals surface area contributed by atoms with Gasteiger partial charge < -0.3 is 4.74 Å². The van der Waals surface area contributed by atoms with Gasteiger partial charge in [-0.25, -0.2) is 0 Å². The van der Waals surface area contributed by atoms with Gasteiger partial charge in [-0.15, -0.1) is 0 Å². The topological polar surface area (TPSA) is 26.3 Å². The molecule has 0 aliphatic carbocycles. The highest BCUT2D eigenvalue weighted by molar-refractivity contribution is 6.20. The third-order valence-electron chi connectivity index (χ3n) is 2.58. The van der Waals surface area contributed by atoms with E-state index in [1.807, 2.05) is 0 Å². The molecular formula is C13H25ClO2. The van der Waals surface area contributed by atoms with Crippen molar-refractivity contribution >= 4 is 17.6 Å². The van der Waals surface area contributed by atoms with Crippen LogP contribution >= 0.6 is 11.6 Å². The van der Waals surface area contributed by atoms with E-state index in [2.05, 4.69) is 6.92 Å². The van der Waals surface area contributed by atoms with Crippen LogP contribution in [0, 0.1) is 0 Å². The van der Waals surface area contributed by atoms with Gasteiger partial charge in [-0.3, -0.25) is 4.79 Å². The molecule has 0 amide bonds. The van der Waals surface area contributed by atoms with E-state index in [0.29, 0.717) is 0 Å². The first-order valence-electron chi connectivity index (χ1n) is 6.48. The number of hydrogen-bond acceptors (Lipinski definition) is 2. The molecule has 0 heterocycles. The summed E-state index contributed by atoms with van der Waals surface area (Å²) in [6.07, 6.45) is 11.0. The second-order valence-electron chi connectivity index (χ2n) is 4.28. The van der Waals surface area contributed by atoms with Crippen molar-refractivity contribution in [2.24, 2.45) is 0 Å². The van der Waals surface area contributed by atoms with E-state index in [4.69, 9.17) is 16.3 Å². The summed E-state index contributed by atoms with van der Waals surface area (Å²) in [4.78, 5) is 10.6. The number of halogens is 1. The van der Waals surface area contributed by atoms with Crippen molar-refractivity contribution in [1.29, 1.82) is 0 Å². The zero-order chi connectivity index (χ0) is 12.2. The zero-order valence-corrected chi connectivity index (χ0v) is 11.4. The van der Waals surface area contributed by atoms with Crippen LogP contribution < -0.4 is 0 Å². The normalized spacial score (nSPS) is 12.4. The molecule has 0 aromatic rings. The van der Waals surface area contributed by atoms with Crippen LogP contribution in [0.15, 0.2) is 0 Å². The molecule has 1 unspecified atom stereocenters. The quantitative estimate of drug-likeness (QED) is 0.320. The second kappa shape index (κ2) is 11.3. The average Bonchev–Trinajstić information content (AvgIpc) is 2.21. The lowest BCUT2D eigenvalue weighted by Crippen LogP contribution is -2.09. The maximum Gasteiger partial charge on any atom is 0.304 e. The maximum atomic E-state index is 10.6. The molecule has 0 rings (SSSR count). The predicted molar refractivity (Wildman–Crippen MR) is 68.6 cm³/mol. The van der Waals surface area contributed by atoms with Crippen LogP contribution in [0.2, 0.25) is 0 Å². The number of esters is 1. The number of rotatable bonds is 10. The second-order valence-corrected chi connectivity index (χ2v) is 4.77. The van der Waals surface area contributed by atoms with Crippen LogP contribution in [0.1, 0.15) is 71.6 Å². The van der Waals surface area contributed by atoms with Crippen molar-refractivity contribution in [1.82, 2.24) is 0 Å². The highest BCUT2D eigenvalue weighted by atomic mass is 35.5. The van der Waals surface area contributed by atoms with Crippen LogP contribution in [0.3, 0.4) is 0 Å². The van der Waals surface area contributed by atoms with E-state index in [1.165, 1.54) is 51.9 Å². The number of hydrogen-bond donors (Lipinski definition) is 0. The molecule has 0 saturated carbocycles. The molecule has 0 radical (unpaired) electrons. The minimum Gasteiger partial charge on any atom is -0.446 e. The average molecular weight is 249 g/mol. The molecule has 0 aliphatic heterocycles. The molecule has 0 aliphatic rings. The molecule has 0 N–H and O–H groups in total. The summed E-state index contributed by atoms with van der Waals surface area (Å²) in [5.41, 5.74) is -0.433. The number of carbonyl (C=O) groups excluding carboxylic acids is 1. The molecule has 96 valence electrons. The molecule has 0 aromatic carbocycles. The van der Waals surface area contributed by atoms with E-state index in [1.54, 1.807) is 0 Å². The van der Waals surface area contributed by atoms with Gasteiger partial charge in [0.1, 0.15) is 0 Å². The molecule has 0 aromatic heterocycles. The van der Waals surface area contributed by atoms with Crippen molar-refractivity contribution in [3.8, 4) is 0 Å². The fourth-order valence-corrected chi connectivity index (χ4v) is 1.96. The van der Waals surface area contributed by atoms with Crippen LogP contribution in [-0.2, 0) is 9.53 Å². The lowest BCUT2D eigenvalue weighted by atomic mass is 10.1. The molecule has 16 heavy (non-hydrogen) atoms. The van der Waals surface area contributed by atoms with Crippen LogP contribution in [0.5, 0.6) is 0 Å². The summed E-state index contributed by atoms with van der Waals surface area (Å²) in [5, 5.41) is 0. The highest BCUT2D eigenvalue weighted by Gasteiger charge is 2.06. The molecule has 0 saturated heterocycles. The SMILES string of the molecule is CCCCCCCCCCC(Cl)OC(C)=O. The van der Waals surface area contributed by atoms with Crippen LogP contribution in [-0.4, -0.2) is 11.5 Å². The van der Waals surface area contributed by atoms with Gasteiger partial charge in [0, 0.05) is 6.92 Å². The Hall–Kier alpha value is -0.240. The molecule has 2 nitrogen and oxygen atoms in total. The van der Waals surface area contributed by atoms with E-state index in [0.717, 1.165) is 12.8 Å². The molecule has 1 atom stereocenters. The molecule has 3 heteroatoms. The lowest BCUT2D eigenvalue weighted by molar-refractivity contribution is -0.142. The Labute approximate surface area is 105 Å². The first-order valence-corrected chi connectivity index (χ1v) is 6.91. The van der Waals surface area contributed by atoms with Gasteiger partial charge in [-0.2, -0.15) is 0 Å². The maximum absolute atomic E-state index is 10.6. The van der Waals surface area contributed by atoms with Crippen LogP contribution in [0.25, 0.3) is 0 Å². The minimum absolute atomic E-state index is 0.292. The van der Waals surface area contributed by atoms with Gasteiger partial charge in [0.25, 0.3) is 0 Å². The minimum atomic E-state index is -0.433. The molecular weight excluding hydrogens is 224 g/mol. The van der Waals surface area contributed by atoms with E-state index in [-0.39, 0.29) is 5.97 Å². The third kappa shape index (κ3) is 11.8. The Morgan fingerprint density at radius 3 is 2.06 bits per heavy atom. The van der Waals surface area contributed by atoms with Crippen LogP contribution in [0.4, 0.5) is 0 Å². The zero-order valence-electron chi connectivity index (χ0n) is 10.6. The van der Waals surface area contributed by atoms with Gasteiger partial charge in [0.15, 0.2) is 5.56 Å². The van der Waals surface area contributed by atoms with Gasteiger partial charge in [-0.1, -0.05) is 63.5 Å². The molecule has 0 bridgehead atoms. The smallest absolute Gasteiger partial charge is 0.304 e. The van der Waals surface area contributed by atoms with E-state index >= 15 is 0 Å². The Kier molecular flexibility index (Phi) is 11.1. The standard InChI is InChI=1S/C13H25ClO2/c1-3-4-5-6-7-8-9-10-11-13(14)16-12(2)15/h13H,3-11H2,1-2H3. The lowest BCUT2D eigenvalue weighted by Gasteiger charge is -2.08. The largest absolute Gasteiger partial charge is 0.446 e. The fourth-order valence-electron chi connectivity index (χ4n) is 1.68. The molecule has 0 spiro atoms. The Bertz CT molecular complexity index is 171.